The molecule has 4 rings (SSSR count). The molecule has 4 aromatic rings. The second kappa shape index (κ2) is 7.79. The lowest BCUT2D eigenvalue weighted by Crippen LogP contribution is -2.11. The Balaban J connectivity index is 1.49. The summed E-state index contributed by atoms with van der Waals surface area (Å²) in [5.74, 6) is -0.339. The van der Waals surface area contributed by atoms with Crippen molar-refractivity contribution >= 4 is 40.2 Å². The monoisotopic (exact) mass is 410 g/mol. The van der Waals surface area contributed by atoms with Crippen LogP contribution in [0.2, 0.25) is 0 Å². The number of benzene rings is 1. The highest BCUT2D eigenvalue weighted by Crippen LogP contribution is 2.30. The number of hydrogen-bond donors (Lipinski definition) is 1. The molecule has 28 heavy (non-hydrogen) atoms. The van der Waals surface area contributed by atoms with Crippen LogP contribution in [0.25, 0.3) is 10.6 Å². The Morgan fingerprint density at radius 2 is 2.07 bits per heavy atom. The topological polar surface area (TPSA) is 81.4 Å². The van der Waals surface area contributed by atoms with Gasteiger partial charge in [0, 0.05) is 22.7 Å². The van der Waals surface area contributed by atoms with Gasteiger partial charge in [0.2, 0.25) is 0 Å². The van der Waals surface area contributed by atoms with Crippen molar-refractivity contribution in [3.63, 3.8) is 0 Å². The largest absolute Gasteiger partial charge is 0.459 e. The van der Waals surface area contributed by atoms with Crippen molar-refractivity contribution in [3.05, 3.63) is 75.8 Å². The van der Waals surface area contributed by atoms with E-state index >= 15 is 0 Å². The number of thiazole rings is 1. The SMILES string of the molecule is Cc1nc(-c2ccsc2)sc1C(=O)Oc1cccc(NC(=O)c2ccco2)c1. The third-order valence-electron chi connectivity index (χ3n) is 3.80. The van der Waals surface area contributed by atoms with E-state index in [1.165, 1.54) is 17.6 Å². The van der Waals surface area contributed by atoms with Crippen molar-refractivity contribution in [2.45, 2.75) is 6.92 Å². The van der Waals surface area contributed by atoms with E-state index in [1.54, 1.807) is 54.7 Å². The zero-order valence-electron chi connectivity index (χ0n) is 14.7. The average molecular weight is 410 g/mol. The molecule has 0 unspecified atom stereocenters. The van der Waals surface area contributed by atoms with Crippen molar-refractivity contribution in [1.29, 1.82) is 0 Å². The first-order valence-electron chi connectivity index (χ1n) is 8.27. The number of aromatic nitrogens is 1. The highest BCUT2D eigenvalue weighted by molar-refractivity contribution is 7.17. The van der Waals surface area contributed by atoms with Gasteiger partial charge in [-0.2, -0.15) is 11.3 Å². The number of nitrogens with zero attached hydrogens (tertiary/aromatic N) is 1. The number of furan rings is 1. The van der Waals surface area contributed by atoms with Gasteiger partial charge < -0.3 is 14.5 Å². The molecule has 0 aliphatic rings. The molecule has 1 aromatic carbocycles. The Labute approximate surface area is 168 Å². The number of ether oxygens (including phenoxy) is 1. The normalized spacial score (nSPS) is 10.6. The van der Waals surface area contributed by atoms with Gasteiger partial charge in [0.15, 0.2) is 5.76 Å². The molecule has 0 radical (unpaired) electrons. The number of carbonyl (C=O) groups is 2. The summed E-state index contributed by atoms with van der Waals surface area (Å²) >= 11 is 2.87. The zero-order valence-corrected chi connectivity index (χ0v) is 16.3. The Kier molecular flexibility index (Phi) is 5.05. The van der Waals surface area contributed by atoms with Crippen LogP contribution in [0.5, 0.6) is 5.75 Å². The van der Waals surface area contributed by atoms with Crippen LogP contribution in [0.1, 0.15) is 25.9 Å². The predicted molar refractivity (Wildman–Crippen MR) is 108 cm³/mol. The molecule has 0 spiro atoms. The van der Waals surface area contributed by atoms with E-state index in [2.05, 4.69) is 10.3 Å². The Morgan fingerprint density at radius 3 is 2.82 bits per heavy atom. The van der Waals surface area contributed by atoms with E-state index < -0.39 is 5.97 Å². The van der Waals surface area contributed by atoms with Gasteiger partial charge in [-0.25, -0.2) is 9.78 Å². The molecule has 140 valence electrons. The summed E-state index contributed by atoms with van der Waals surface area (Å²) in [4.78, 5) is 29.6. The maximum atomic E-state index is 12.6. The second-order valence-electron chi connectivity index (χ2n) is 5.79. The quantitative estimate of drug-likeness (QED) is 0.359. The number of hydrogen-bond acceptors (Lipinski definition) is 7. The summed E-state index contributed by atoms with van der Waals surface area (Å²) in [5.41, 5.74) is 2.10. The van der Waals surface area contributed by atoms with E-state index in [0.29, 0.717) is 22.0 Å². The highest BCUT2D eigenvalue weighted by atomic mass is 32.1. The number of rotatable bonds is 5. The number of anilines is 1. The van der Waals surface area contributed by atoms with Crippen molar-refractivity contribution < 1.29 is 18.7 Å². The molecule has 0 aliphatic carbocycles. The Bertz CT molecular complexity index is 1120. The number of thiophene rings is 1. The van der Waals surface area contributed by atoms with Gasteiger partial charge in [-0.3, -0.25) is 4.79 Å². The molecule has 1 amide bonds. The third-order valence-corrected chi connectivity index (χ3v) is 5.67. The average Bonchev–Trinajstić information content (AvgIpc) is 3.43. The standard InChI is InChI=1S/C20H14N2O4S2/c1-12-17(28-19(21-12)13-7-9-27-11-13)20(24)26-15-5-2-4-14(10-15)22-18(23)16-6-3-8-25-16/h2-11H,1H3,(H,22,23). The summed E-state index contributed by atoms with van der Waals surface area (Å²) in [6.45, 7) is 1.78. The predicted octanol–water partition coefficient (Wildman–Crippen LogP) is 5.24. The van der Waals surface area contributed by atoms with Crippen molar-refractivity contribution in [2.24, 2.45) is 0 Å². The maximum absolute atomic E-state index is 12.6. The lowest BCUT2D eigenvalue weighted by Gasteiger charge is -2.07. The first-order valence-corrected chi connectivity index (χ1v) is 10.0. The van der Waals surface area contributed by atoms with Gasteiger partial charge in [0.25, 0.3) is 5.91 Å². The van der Waals surface area contributed by atoms with Gasteiger partial charge in [-0.1, -0.05) is 6.07 Å². The van der Waals surface area contributed by atoms with Crippen LogP contribution in [-0.4, -0.2) is 16.9 Å². The van der Waals surface area contributed by atoms with Crippen LogP contribution in [0, 0.1) is 6.92 Å². The van der Waals surface area contributed by atoms with Crippen LogP contribution in [0.3, 0.4) is 0 Å². The van der Waals surface area contributed by atoms with Crippen LogP contribution < -0.4 is 10.1 Å². The summed E-state index contributed by atoms with van der Waals surface area (Å²) < 4.78 is 10.5. The molecule has 3 heterocycles. The second-order valence-corrected chi connectivity index (χ2v) is 7.57. The summed E-state index contributed by atoms with van der Waals surface area (Å²) in [6.07, 6.45) is 1.43. The van der Waals surface area contributed by atoms with E-state index in [9.17, 15) is 9.59 Å². The lowest BCUT2D eigenvalue weighted by atomic mass is 10.3. The van der Waals surface area contributed by atoms with Crippen LogP contribution in [0.15, 0.2) is 63.9 Å². The Morgan fingerprint density at radius 1 is 1.18 bits per heavy atom. The van der Waals surface area contributed by atoms with Crippen LogP contribution >= 0.6 is 22.7 Å². The molecule has 8 heteroatoms. The fourth-order valence-electron chi connectivity index (χ4n) is 2.49. The third kappa shape index (κ3) is 3.88. The van der Waals surface area contributed by atoms with E-state index in [4.69, 9.17) is 9.15 Å². The minimum Gasteiger partial charge on any atom is -0.459 e. The first-order chi connectivity index (χ1) is 13.6. The molecule has 0 aliphatic heterocycles. The molecule has 0 atom stereocenters. The molecular weight excluding hydrogens is 396 g/mol. The molecule has 0 bridgehead atoms. The lowest BCUT2D eigenvalue weighted by molar-refractivity contribution is 0.0739. The van der Waals surface area contributed by atoms with Gasteiger partial charge >= 0.3 is 5.97 Å². The minimum atomic E-state index is -0.481. The van der Waals surface area contributed by atoms with Crippen molar-refractivity contribution in [3.8, 4) is 16.3 Å². The number of carbonyl (C=O) groups excluding carboxylic acids is 2. The van der Waals surface area contributed by atoms with E-state index in [1.807, 2.05) is 16.8 Å². The summed E-state index contributed by atoms with van der Waals surface area (Å²) in [6, 6.07) is 11.8. The molecule has 0 saturated heterocycles. The molecule has 3 aromatic heterocycles. The van der Waals surface area contributed by atoms with Gasteiger partial charge in [-0.15, -0.1) is 11.3 Å². The highest BCUT2D eigenvalue weighted by Gasteiger charge is 2.19. The van der Waals surface area contributed by atoms with Crippen LogP contribution in [-0.2, 0) is 0 Å². The maximum Gasteiger partial charge on any atom is 0.355 e. The van der Waals surface area contributed by atoms with Crippen molar-refractivity contribution in [1.82, 2.24) is 4.98 Å². The molecular formula is C20H14N2O4S2. The zero-order chi connectivity index (χ0) is 19.5. The Hall–Kier alpha value is -3.23. The molecule has 0 saturated carbocycles. The van der Waals surface area contributed by atoms with Gasteiger partial charge in [0.1, 0.15) is 15.6 Å². The summed E-state index contributed by atoms with van der Waals surface area (Å²) in [7, 11) is 0. The fourth-order valence-corrected chi connectivity index (χ4v) is 4.14. The summed E-state index contributed by atoms with van der Waals surface area (Å²) in [5, 5.41) is 7.43. The fraction of sp³-hybridized carbons (Fsp3) is 0.0500. The van der Waals surface area contributed by atoms with Crippen molar-refractivity contribution in [2.75, 3.05) is 5.32 Å². The number of aryl methyl sites for hydroxylation is 1. The molecule has 6 nitrogen and oxygen atoms in total. The first kappa shape index (κ1) is 18.1. The minimum absolute atomic E-state index is 0.198. The number of nitrogens with one attached hydrogen (secondary N) is 1. The van der Waals surface area contributed by atoms with E-state index in [-0.39, 0.29) is 11.7 Å². The van der Waals surface area contributed by atoms with Crippen LogP contribution in [0.4, 0.5) is 5.69 Å². The van der Waals surface area contributed by atoms with Gasteiger partial charge in [0.05, 0.1) is 12.0 Å². The van der Waals surface area contributed by atoms with E-state index in [0.717, 1.165) is 10.6 Å². The van der Waals surface area contributed by atoms with Gasteiger partial charge in [-0.05, 0) is 42.6 Å². The smallest absolute Gasteiger partial charge is 0.355 e. The number of esters is 1. The molecule has 0 fully saturated rings. The number of amides is 1. The molecule has 1 N–H and O–H groups in total.